The van der Waals surface area contributed by atoms with Crippen molar-refractivity contribution < 1.29 is 0 Å². The average molecular weight is 233 g/mol. The lowest BCUT2D eigenvalue weighted by Crippen LogP contribution is -2.09. The zero-order chi connectivity index (χ0) is 9.56. The van der Waals surface area contributed by atoms with Gasteiger partial charge in [0, 0.05) is 5.33 Å². The van der Waals surface area contributed by atoms with Crippen LogP contribution in [0.4, 0.5) is 0 Å². The van der Waals surface area contributed by atoms with Crippen molar-refractivity contribution in [2.75, 3.05) is 5.33 Å². The predicted octanol–water partition coefficient (Wildman–Crippen LogP) is 4.40. The van der Waals surface area contributed by atoms with Gasteiger partial charge >= 0.3 is 0 Å². The van der Waals surface area contributed by atoms with E-state index in [0.29, 0.717) is 0 Å². The van der Waals surface area contributed by atoms with Crippen LogP contribution in [-0.2, 0) is 0 Å². The van der Waals surface area contributed by atoms with E-state index in [9.17, 15) is 0 Å². The highest BCUT2D eigenvalue weighted by atomic mass is 79.9. The molecule has 0 rings (SSSR count). The van der Waals surface area contributed by atoms with Crippen molar-refractivity contribution in [2.45, 2.75) is 40.5 Å². The topological polar surface area (TPSA) is 0 Å². The molecule has 0 bridgehead atoms. The zero-order valence-electron chi connectivity index (χ0n) is 8.73. The molecular formula is C11H21Br. The smallest absolute Gasteiger partial charge is 0.00622 e. The van der Waals surface area contributed by atoms with Gasteiger partial charge in [-0.05, 0) is 38.5 Å². The van der Waals surface area contributed by atoms with Crippen LogP contribution in [0, 0.1) is 11.8 Å². The monoisotopic (exact) mass is 232 g/mol. The number of hydrogen-bond donors (Lipinski definition) is 0. The molecule has 0 aromatic heterocycles. The van der Waals surface area contributed by atoms with Crippen LogP contribution in [0.3, 0.4) is 0 Å². The Morgan fingerprint density at radius 1 is 1.33 bits per heavy atom. The van der Waals surface area contributed by atoms with E-state index >= 15 is 0 Å². The van der Waals surface area contributed by atoms with E-state index in [0.717, 1.165) is 17.2 Å². The minimum absolute atomic E-state index is 0.801. The summed E-state index contributed by atoms with van der Waals surface area (Å²) in [6, 6.07) is 0. The van der Waals surface area contributed by atoms with E-state index in [-0.39, 0.29) is 0 Å². The van der Waals surface area contributed by atoms with E-state index in [1.165, 1.54) is 18.4 Å². The Hall–Kier alpha value is 0.220. The van der Waals surface area contributed by atoms with Crippen molar-refractivity contribution in [3.05, 3.63) is 11.6 Å². The summed E-state index contributed by atoms with van der Waals surface area (Å²) in [4.78, 5) is 0. The molecule has 0 aromatic carbocycles. The Labute approximate surface area is 85.6 Å². The van der Waals surface area contributed by atoms with Crippen LogP contribution in [0.2, 0.25) is 0 Å². The average Bonchev–Trinajstić information content (AvgIpc) is 1.96. The number of rotatable bonds is 5. The predicted molar refractivity (Wildman–Crippen MR) is 60.8 cm³/mol. The van der Waals surface area contributed by atoms with Crippen molar-refractivity contribution in [2.24, 2.45) is 11.8 Å². The fourth-order valence-corrected chi connectivity index (χ4v) is 2.25. The highest BCUT2D eigenvalue weighted by molar-refractivity contribution is 9.09. The Bertz CT molecular complexity index is 132. The molecule has 0 aliphatic rings. The lowest BCUT2D eigenvalue weighted by atomic mass is 9.93. The fraction of sp³-hybridized carbons (Fsp3) is 0.818. The normalized spacial score (nSPS) is 13.2. The molecule has 0 amide bonds. The standard InChI is InChI=1S/C11H21Br/c1-9(2)6-5-7-11(8-12)10(3)4/h6,10-11H,5,7-8H2,1-4H3. The van der Waals surface area contributed by atoms with Crippen LogP contribution < -0.4 is 0 Å². The quantitative estimate of drug-likeness (QED) is 0.487. The first-order chi connectivity index (χ1) is 5.57. The molecular weight excluding hydrogens is 212 g/mol. The maximum Gasteiger partial charge on any atom is 0.00622 e. The third kappa shape index (κ3) is 5.82. The lowest BCUT2D eigenvalue weighted by molar-refractivity contribution is 0.404. The molecule has 12 heavy (non-hydrogen) atoms. The zero-order valence-corrected chi connectivity index (χ0v) is 10.3. The molecule has 0 N–H and O–H groups in total. The Balaban J connectivity index is 3.66. The molecule has 0 saturated heterocycles. The van der Waals surface area contributed by atoms with E-state index in [4.69, 9.17) is 0 Å². The number of halogens is 1. The van der Waals surface area contributed by atoms with Gasteiger partial charge in [0.25, 0.3) is 0 Å². The number of hydrogen-bond acceptors (Lipinski definition) is 0. The molecule has 0 aromatic rings. The molecule has 0 heterocycles. The summed E-state index contributed by atoms with van der Waals surface area (Å²) in [7, 11) is 0. The van der Waals surface area contributed by atoms with Gasteiger partial charge in [0.15, 0.2) is 0 Å². The third-order valence-electron chi connectivity index (χ3n) is 2.23. The Kier molecular flexibility index (Phi) is 6.83. The van der Waals surface area contributed by atoms with Crippen LogP contribution in [-0.4, -0.2) is 5.33 Å². The van der Waals surface area contributed by atoms with E-state index in [2.05, 4.69) is 49.7 Å². The van der Waals surface area contributed by atoms with Gasteiger partial charge in [-0.3, -0.25) is 0 Å². The molecule has 0 fully saturated rings. The molecule has 72 valence electrons. The lowest BCUT2D eigenvalue weighted by Gasteiger charge is -2.16. The first kappa shape index (κ1) is 12.2. The second-order valence-corrected chi connectivity index (χ2v) is 4.66. The van der Waals surface area contributed by atoms with Crippen LogP contribution in [0.15, 0.2) is 11.6 Å². The summed E-state index contributed by atoms with van der Waals surface area (Å²) in [5.74, 6) is 1.63. The second-order valence-electron chi connectivity index (χ2n) is 4.02. The highest BCUT2D eigenvalue weighted by Crippen LogP contribution is 2.19. The minimum atomic E-state index is 0.801. The fourth-order valence-electron chi connectivity index (χ4n) is 1.17. The van der Waals surface area contributed by atoms with E-state index in [1.807, 2.05) is 0 Å². The summed E-state index contributed by atoms with van der Waals surface area (Å²) in [6.45, 7) is 8.93. The third-order valence-corrected chi connectivity index (χ3v) is 3.06. The van der Waals surface area contributed by atoms with Gasteiger partial charge in [0.1, 0.15) is 0 Å². The maximum absolute atomic E-state index is 3.56. The van der Waals surface area contributed by atoms with Gasteiger partial charge in [0.2, 0.25) is 0 Å². The molecule has 0 aliphatic heterocycles. The van der Waals surface area contributed by atoms with Gasteiger partial charge in [-0.25, -0.2) is 0 Å². The SMILES string of the molecule is CC(C)=CCCC(CBr)C(C)C. The van der Waals surface area contributed by atoms with Crippen molar-refractivity contribution in [1.29, 1.82) is 0 Å². The molecule has 1 atom stereocenters. The van der Waals surface area contributed by atoms with E-state index < -0.39 is 0 Å². The van der Waals surface area contributed by atoms with Gasteiger partial charge in [-0.2, -0.15) is 0 Å². The van der Waals surface area contributed by atoms with Crippen molar-refractivity contribution in [3.8, 4) is 0 Å². The summed E-state index contributed by atoms with van der Waals surface area (Å²) in [6.07, 6.45) is 4.88. The minimum Gasteiger partial charge on any atom is -0.0925 e. The molecule has 1 unspecified atom stereocenters. The van der Waals surface area contributed by atoms with Gasteiger partial charge in [0.05, 0.1) is 0 Å². The molecule has 0 radical (unpaired) electrons. The molecule has 0 aliphatic carbocycles. The maximum atomic E-state index is 3.56. The van der Waals surface area contributed by atoms with Gasteiger partial charge < -0.3 is 0 Å². The van der Waals surface area contributed by atoms with Crippen molar-refractivity contribution in [1.82, 2.24) is 0 Å². The highest BCUT2D eigenvalue weighted by Gasteiger charge is 2.09. The molecule has 1 heteroatoms. The van der Waals surface area contributed by atoms with Crippen LogP contribution >= 0.6 is 15.9 Å². The number of alkyl halides is 1. The van der Waals surface area contributed by atoms with Crippen LogP contribution in [0.25, 0.3) is 0 Å². The first-order valence-corrected chi connectivity index (χ1v) is 5.89. The van der Waals surface area contributed by atoms with Crippen LogP contribution in [0.1, 0.15) is 40.5 Å². The molecule has 0 saturated carbocycles. The summed E-state index contributed by atoms with van der Waals surface area (Å²) in [5, 5.41) is 1.14. The Morgan fingerprint density at radius 2 is 1.92 bits per heavy atom. The second kappa shape index (κ2) is 6.71. The number of allylic oxidation sites excluding steroid dienone is 2. The van der Waals surface area contributed by atoms with Crippen molar-refractivity contribution >= 4 is 15.9 Å². The molecule has 0 nitrogen and oxygen atoms in total. The van der Waals surface area contributed by atoms with Gasteiger partial charge in [-0.15, -0.1) is 0 Å². The summed E-state index contributed by atoms with van der Waals surface area (Å²) in [5.41, 5.74) is 1.44. The van der Waals surface area contributed by atoms with Crippen LogP contribution in [0.5, 0.6) is 0 Å². The van der Waals surface area contributed by atoms with Crippen molar-refractivity contribution in [3.63, 3.8) is 0 Å². The first-order valence-electron chi connectivity index (χ1n) is 4.77. The van der Waals surface area contributed by atoms with E-state index in [1.54, 1.807) is 0 Å². The largest absolute Gasteiger partial charge is 0.0925 e. The summed E-state index contributed by atoms with van der Waals surface area (Å²) < 4.78 is 0. The molecule has 0 spiro atoms. The summed E-state index contributed by atoms with van der Waals surface area (Å²) >= 11 is 3.56. The van der Waals surface area contributed by atoms with Gasteiger partial charge in [-0.1, -0.05) is 41.4 Å². The Morgan fingerprint density at radius 3 is 2.25 bits per heavy atom.